The number of aliphatic hydroxyl groups excluding tert-OH is 1. The topological polar surface area (TPSA) is 52.6 Å². The van der Waals surface area contributed by atoms with Gasteiger partial charge in [0.15, 0.2) is 0 Å². The van der Waals surface area contributed by atoms with Gasteiger partial charge in [-0.05, 0) is 19.4 Å². The van der Waals surface area contributed by atoms with Crippen LogP contribution in [0.1, 0.15) is 25.5 Å². The van der Waals surface area contributed by atoms with E-state index >= 15 is 0 Å². The van der Waals surface area contributed by atoms with Gasteiger partial charge in [0, 0.05) is 19.6 Å². The Bertz CT molecular complexity index is 365. The number of carbonyl (C=O) groups is 1. The van der Waals surface area contributed by atoms with Crippen LogP contribution in [-0.2, 0) is 4.79 Å². The highest BCUT2D eigenvalue weighted by Crippen LogP contribution is 2.10. The molecule has 4 nitrogen and oxygen atoms in total. The van der Waals surface area contributed by atoms with E-state index in [0.717, 1.165) is 5.56 Å². The van der Waals surface area contributed by atoms with Gasteiger partial charge < -0.3 is 15.3 Å². The van der Waals surface area contributed by atoms with Gasteiger partial charge in [0.2, 0.25) is 5.91 Å². The second-order valence-corrected chi connectivity index (χ2v) is 4.66. The molecule has 1 atom stereocenters. The molecule has 0 aliphatic carbocycles. The third-order valence-corrected chi connectivity index (χ3v) is 2.97. The summed E-state index contributed by atoms with van der Waals surface area (Å²) in [4.78, 5) is 13.4. The molecule has 1 unspecified atom stereocenters. The number of amides is 1. The Kier molecular flexibility index (Phi) is 5.82. The number of rotatable bonds is 6. The molecule has 1 amide bonds. The molecule has 1 aromatic carbocycles. The summed E-state index contributed by atoms with van der Waals surface area (Å²) in [5, 5.41) is 12.9. The van der Waals surface area contributed by atoms with Crippen molar-refractivity contribution < 1.29 is 9.90 Å². The lowest BCUT2D eigenvalue weighted by Gasteiger charge is -2.22. The molecular formula is C14H22N2O2. The highest BCUT2D eigenvalue weighted by Gasteiger charge is 2.12. The first-order chi connectivity index (χ1) is 8.52. The van der Waals surface area contributed by atoms with E-state index in [2.05, 4.69) is 5.32 Å². The third kappa shape index (κ3) is 4.47. The molecule has 0 radical (unpaired) electrons. The Morgan fingerprint density at radius 1 is 1.33 bits per heavy atom. The maximum Gasteiger partial charge on any atom is 0.236 e. The lowest BCUT2D eigenvalue weighted by Crippen LogP contribution is -2.40. The summed E-state index contributed by atoms with van der Waals surface area (Å²) in [6.07, 6.45) is -0.580. The molecule has 100 valence electrons. The number of likely N-dealkylation sites (N-methyl/N-ethyl adjacent to an activating group) is 1. The van der Waals surface area contributed by atoms with Crippen LogP contribution in [0.3, 0.4) is 0 Å². The predicted molar refractivity (Wildman–Crippen MR) is 72.2 cm³/mol. The molecule has 0 aliphatic rings. The van der Waals surface area contributed by atoms with Crippen LogP contribution in [0.2, 0.25) is 0 Å². The summed E-state index contributed by atoms with van der Waals surface area (Å²) < 4.78 is 0. The number of aliphatic hydroxyl groups is 1. The summed E-state index contributed by atoms with van der Waals surface area (Å²) in [7, 11) is 1.78. The van der Waals surface area contributed by atoms with E-state index in [-0.39, 0.29) is 18.5 Å². The smallest absolute Gasteiger partial charge is 0.236 e. The van der Waals surface area contributed by atoms with E-state index in [9.17, 15) is 9.90 Å². The second-order valence-electron chi connectivity index (χ2n) is 4.66. The molecule has 0 fully saturated rings. The Hall–Kier alpha value is -1.39. The Labute approximate surface area is 109 Å². The zero-order chi connectivity index (χ0) is 13.5. The van der Waals surface area contributed by atoms with Crippen molar-refractivity contribution in [1.29, 1.82) is 0 Å². The van der Waals surface area contributed by atoms with Crippen LogP contribution in [-0.4, -0.2) is 42.1 Å². The number of nitrogens with zero attached hydrogens (tertiary/aromatic N) is 1. The SMILES string of the molecule is CC(C)N(C)C(=O)CNCC(O)c1ccccc1. The Morgan fingerprint density at radius 2 is 1.94 bits per heavy atom. The van der Waals surface area contributed by atoms with Gasteiger partial charge in [0.05, 0.1) is 12.6 Å². The van der Waals surface area contributed by atoms with Crippen molar-refractivity contribution in [3.05, 3.63) is 35.9 Å². The molecule has 0 heterocycles. The standard InChI is InChI=1S/C14H22N2O2/c1-11(2)16(3)14(18)10-15-9-13(17)12-7-5-4-6-8-12/h4-8,11,13,15,17H,9-10H2,1-3H3. The van der Waals surface area contributed by atoms with Crippen LogP contribution in [0.5, 0.6) is 0 Å². The first-order valence-electron chi connectivity index (χ1n) is 6.21. The minimum absolute atomic E-state index is 0.0326. The van der Waals surface area contributed by atoms with Crippen molar-refractivity contribution in [1.82, 2.24) is 10.2 Å². The minimum Gasteiger partial charge on any atom is -0.387 e. The highest BCUT2D eigenvalue weighted by molar-refractivity contribution is 5.78. The van der Waals surface area contributed by atoms with E-state index in [1.54, 1.807) is 11.9 Å². The summed E-state index contributed by atoms with van der Waals surface area (Å²) in [6.45, 7) is 4.56. The third-order valence-electron chi connectivity index (χ3n) is 2.97. The molecule has 18 heavy (non-hydrogen) atoms. The molecule has 0 aliphatic heterocycles. The first kappa shape index (κ1) is 14.7. The zero-order valence-corrected chi connectivity index (χ0v) is 11.3. The van der Waals surface area contributed by atoms with Gasteiger partial charge in [0.25, 0.3) is 0 Å². The van der Waals surface area contributed by atoms with Crippen LogP contribution in [0.25, 0.3) is 0 Å². The summed E-state index contributed by atoms with van der Waals surface area (Å²) in [5.41, 5.74) is 0.856. The van der Waals surface area contributed by atoms with E-state index in [1.807, 2.05) is 44.2 Å². The fraction of sp³-hybridized carbons (Fsp3) is 0.500. The molecule has 0 aromatic heterocycles. The lowest BCUT2D eigenvalue weighted by atomic mass is 10.1. The summed E-state index contributed by atoms with van der Waals surface area (Å²) >= 11 is 0. The summed E-state index contributed by atoms with van der Waals surface area (Å²) in [6, 6.07) is 9.61. The average Bonchev–Trinajstić information content (AvgIpc) is 2.38. The molecule has 0 saturated carbocycles. The van der Waals surface area contributed by atoms with E-state index in [4.69, 9.17) is 0 Å². The van der Waals surface area contributed by atoms with Gasteiger partial charge in [-0.25, -0.2) is 0 Å². The van der Waals surface area contributed by atoms with Crippen LogP contribution in [0.4, 0.5) is 0 Å². The molecule has 0 saturated heterocycles. The fourth-order valence-electron chi connectivity index (χ4n) is 1.52. The van der Waals surface area contributed by atoms with Crippen molar-refractivity contribution in [2.45, 2.75) is 26.0 Å². The Balaban J connectivity index is 2.32. The molecule has 1 aromatic rings. The van der Waals surface area contributed by atoms with Crippen LogP contribution in [0, 0.1) is 0 Å². The van der Waals surface area contributed by atoms with Crippen molar-refractivity contribution >= 4 is 5.91 Å². The monoisotopic (exact) mass is 250 g/mol. The van der Waals surface area contributed by atoms with Crippen LogP contribution in [0.15, 0.2) is 30.3 Å². The first-order valence-corrected chi connectivity index (χ1v) is 6.21. The molecule has 0 bridgehead atoms. The van der Waals surface area contributed by atoms with Gasteiger partial charge in [0.1, 0.15) is 0 Å². The fourth-order valence-corrected chi connectivity index (χ4v) is 1.52. The number of carbonyl (C=O) groups excluding carboxylic acids is 1. The van der Waals surface area contributed by atoms with Crippen molar-refractivity contribution in [2.75, 3.05) is 20.1 Å². The summed E-state index contributed by atoms with van der Waals surface area (Å²) in [5.74, 6) is 0.0326. The van der Waals surface area contributed by atoms with Gasteiger partial charge in [-0.1, -0.05) is 30.3 Å². The maximum atomic E-state index is 11.7. The van der Waals surface area contributed by atoms with Gasteiger partial charge in [-0.15, -0.1) is 0 Å². The number of hydrogen-bond donors (Lipinski definition) is 2. The lowest BCUT2D eigenvalue weighted by molar-refractivity contribution is -0.130. The normalized spacial score (nSPS) is 12.5. The number of nitrogens with one attached hydrogen (secondary N) is 1. The molecular weight excluding hydrogens is 228 g/mol. The number of benzene rings is 1. The second kappa shape index (κ2) is 7.13. The predicted octanol–water partition coefficient (Wildman–Crippen LogP) is 1.18. The largest absolute Gasteiger partial charge is 0.387 e. The van der Waals surface area contributed by atoms with E-state index in [0.29, 0.717) is 6.54 Å². The van der Waals surface area contributed by atoms with Gasteiger partial charge >= 0.3 is 0 Å². The van der Waals surface area contributed by atoms with Gasteiger partial charge in [-0.2, -0.15) is 0 Å². The van der Waals surface area contributed by atoms with Crippen LogP contribution >= 0.6 is 0 Å². The zero-order valence-electron chi connectivity index (χ0n) is 11.3. The molecule has 2 N–H and O–H groups in total. The van der Waals surface area contributed by atoms with Crippen molar-refractivity contribution in [2.24, 2.45) is 0 Å². The average molecular weight is 250 g/mol. The number of hydrogen-bond acceptors (Lipinski definition) is 3. The maximum absolute atomic E-state index is 11.7. The quantitative estimate of drug-likeness (QED) is 0.797. The minimum atomic E-state index is -0.580. The highest BCUT2D eigenvalue weighted by atomic mass is 16.3. The van der Waals surface area contributed by atoms with Crippen LogP contribution < -0.4 is 5.32 Å². The molecule has 1 rings (SSSR count). The van der Waals surface area contributed by atoms with Gasteiger partial charge in [-0.3, -0.25) is 4.79 Å². The van der Waals surface area contributed by atoms with Crippen molar-refractivity contribution in [3.8, 4) is 0 Å². The van der Waals surface area contributed by atoms with Crippen molar-refractivity contribution in [3.63, 3.8) is 0 Å². The molecule has 4 heteroatoms. The molecule has 0 spiro atoms. The van der Waals surface area contributed by atoms with E-state index in [1.165, 1.54) is 0 Å². The van der Waals surface area contributed by atoms with E-state index < -0.39 is 6.10 Å². The Morgan fingerprint density at radius 3 is 2.50 bits per heavy atom.